The Morgan fingerprint density at radius 3 is 2.26 bits per heavy atom. The number of hydrogen-bond donors (Lipinski definition) is 1. The Morgan fingerprint density at radius 2 is 1.84 bits per heavy atom. The van der Waals surface area contributed by atoms with Gasteiger partial charge in [0.25, 0.3) is 0 Å². The fourth-order valence-corrected chi connectivity index (χ4v) is 1.99. The summed E-state index contributed by atoms with van der Waals surface area (Å²) < 4.78 is 10.8. The third-order valence-electron chi connectivity index (χ3n) is 2.88. The van der Waals surface area contributed by atoms with Gasteiger partial charge < -0.3 is 14.6 Å². The molecule has 1 atom stereocenters. The van der Waals surface area contributed by atoms with Crippen molar-refractivity contribution in [3.8, 4) is 5.75 Å². The minimum atomic E-state index is -0.586. The predicted molar refractivity (Wildman–Crippen MR) is 73.2 cm³/mol. The summed E-state index contributed by atoms with van der Waals surface area (Å²) >= 11 is 0. The van der Waals surface area contributed by atoms with Gasteiger partial charge in [-0.1, -0.05) is 19.1 Å². The molecule has 0 spiro atoms. The highest BCUT2D eigenvalue weighted by atomic mass is 16.6. The first-order chi connectivity index (χ1) is 9.03. The van der Waals surface area contributed by atoms with E-state index in [0.717, 1.165) is 16.7 Å². The maximum absolute atomic E-state index is 11.7. The Balaban J connectivity index is 2.94. The van der Waals surface area contributed by atoms with Crippen molar-refractivity contribution in [2.45, 2.75) is 46.8 Å². The molecule has 106 valence electrons. The molecule has 4 heteroatoms. The van der Waals surface area contributed by atoms with Gasteiger partial charge in [0, 0.05) is 0 Å². The van der Waals surface area contributed by atoms with Crippen molar-refractivity contribution in [1.29, 1.82) is 0 Å². The zero-order valence-electron chi connectivity index (χ0n) is 12.0. The third-order valence-corrected chi connectivity index (χ3v) is 2.88. The lowest BCUT2D eigenvalue weighted by Gasteiger charge is -2.19. The molecule has 0 bridgehead atoms. The van der Waals surface area contributed by atoms with E-state index < -0.39 is 6.10 Å². The number of carbonyl (C=O) groups excluding carboxylic acids is 1. The molecule has 0 amide bonds. The van der Waals surface area contributed by atoms with E-state index >= 15 is 0 Å². The van der Waals surface area contributed by atoms with Crippen LogP contribution in [0.2, 0.25) is 0 Å². The zero-order chi connectivity index (χ0) is 14.4. The number of ether oxygens (including phenoxy) is 2. The van der Waals surface area contributed by atoms with Gasteiger partial charge in [0.1, 0.15) is 5.75 Å². The van der Waals surface area contributed by atoms with Crippen molar-refractivity contribution in [1.82, 2.24) is 0 Å². The number of aryl methyl sites for hydroxylation is 2. The second-order valence-corrected chi connectivity index (χ2v) is 4.48. The molecule has 0 aliphatic carbocycles. The van der Waals surface area contributed by atoms with Crippen molar-refractivity contribution >= 4 is 5.97 Å². The number of carbonyl (C=O) groups is 1. The average molecular weight is 266 g/mol. The standard InChI is InChI=1S/C15H22O4/c1-5-13(15(17)18-6-2)19-14-10(3)7-12(9-16)8-11(14)4/h7-8,13,16H,5-6,9H2,1-4H3. The van der Waals surface area contributed by atoms with E-state index in [0.29, 0.717) is 18.8 Å². The van der Waals surface area contributed by atoms with Gasteiger partial charge in [-0.2, -0.15) is 0 Å². The molecule has 1 N–H and O–H groups in total. The predicted octanol–water partition coefficient (Wildman–Crippen LogP) is 2.52. The average Bonchev–Trinajstić information content (AvgIpc) is 2.38. The van der Waals surface area contributed by atoms with E-state index in [4.69, 9.17) is 14.6 Å². The first kappa shape index (κ1) is 15.5. The van der Waals surface area contributed by atoms with Gasteiger partial charge in [0.05, 0.1) is 13.2 Å². The lowest BCUT2D eigenvalue weighted by Crippen LogP contribution is -2.29. The molecule has 0 heterocycles. The van der Waals surface area contributed by atoms with Gasteiger partial charge in [-0.15, -0.1) is 0 Å². The zero-order valence-corrected chi connectivity index (χ0v) is 12.0. The van der Waals surface area contributed by atoms with Crippen molar-refractivity contribution in [3.63, 3.8) is 0 Å². The highest BCUT2D eigenvalue weighted by Gasteiger charge is 2.21. The van der Waals surface area contributed by atoms with Gasteiger partial charge in [-0.05, 0) is 43.9 Å². The first-order valence-electron chi connectivity index (χ1n) is 6.57. The minimum absolute atomic E-state index is 0.00293. The lowest BCUT2D eigenvalue weighted by molar-refractivity contribution is -0.151. The van der Waals surface area contributed by atoms with Crippen LogP contribution in [0.5, 0.6) is 5.75 Å². The van der Waals surface area contributed by atoms with Gasteiger partial charge in [0.2, 0.25) is 0 Å². The molecule has 0 saturated heterocycles. The van der Waals surface area contributed by atoms with Gasteiger partial charge in [0.15, 0.2) is 6.10 Å². The second-order valence-electron chi connectivity index (χ2n) is 4.48. The van der Waals surface area contributed by atoms with Crippen LogP contribution < -0.4 is 4.74 Å². The number of benzene rings is 1. The molecule has 1 aromatic rings. The molecule has 0 saturated carbocycles. The number of aliphatic hydroxyl groups is 1. The lowest BCUT2D eigenvalue weighted by atomic mass is 10.1. The molecule has 0 aliphatic rings. The molecule has 1 unspecified atom stereocenters. The Hall–Kier alpha value is -1.55. The Kier molecular flexibility index (Phi) is 5.83. The number of hydrogen-bond acceptors (Lipinski definition) is 4. The van der Waals surface area contributed by atoms with Crippen LogP contribution in [0, 0.1) is 13.8 Å². The summed E-state index contributed by atoms with van der Waals surface area (Å²) in [5, 5.41) is 9.15. The van der Waals surface area contributed by atoms with E-state index in [2.05, 4.69) is 0 Å². The largest absolute Gasteiger partial charge is 0.478 e. The van der Waals surface area contributed by atoms with Crippen LogP contribution in [0.15, 0.2) is 12.1 Å². The third kappa shape index (κ3) is 3.96. The molecular formula is C15H22O4. The summed E-state index contributed by atoms with van der Waals surface area (Å²) in [6.45, 7) is 7.81. The quantitative estimate of drug-likeness (QED) is 0.804. The molecular weight excluding hydrogens is 244 g/mol. The Bertz CT molecular complexity index is 417. The van der Waals surface area contributed by atoms with Gasteiger partial charge in [-0.3, -0.25) is 0 Å². The maximum atomic E-state index is 11.7. The number of rotatable bonds is 6. The smallest absolute Gasteiger partial charge is 0.347 e. The van der Waals surface area contributed by atoms with Crippen molar-refractivity contribution in [2.75, 3.05) is 6.61 Å². The van der Waals surface area contributed by atoms with Gasteiger partial charge >= 0.3 is 5.97 Å². The fraction of sp³-hybridized carbons (Fsp3) is 0.533. The van der Waals surface area contributed by atoms with Crippen LogP contribution in [-0.2, 0) is 16.1 Å². The minimum Gasteiger partial charge on any atom is -0.478 e. The van der Waals surface area contributed by atoms with Crippen LogP contribution in [0.25, 0.3) is 0 Å². The molecule has 1 aromatic carbocycles. The van der Waals surface area contributed by atoms with Crippen molar-refractivity contribution < 1.29 is 19.4 Å². The van der Waals surface area contributed by atoms with Crippen LogP contribution >= 0.6 is 0 Å². The van der Waals surface area contributed by atoms with E-state index in [1.165, 1.54) is 0 Å². The highest BCUT2D eigenvalue weighted by molar-refractivity contribution is 5.75. The van der Waals surface area contributed by atoms with E-state index in [1.807, 2.05) is 32.9 Å². The molecule has 0 aromatic heterocycles. The van der Waals surface area contributed by atoms with Gasteiger partial charge in [-0.25, -0.2) is 4.79 Å². The van der Waals surface area contributed by atoms with Crippen LogP contribution in [0.3, 0.4) is 0 Å². The summed E-state index contributed by atoms with van der Waals surface area (Å²) in [5.41, 5.74) is 2.66. The maximum Gasteiger partial charge on any atom is 0.347 e. The SMILES string of the molecule is CCOC(=O)C(CC)Oc1c(C)cc(CO)cc1C. The van der Waals surface area contributed by atoms with Crippen molar-refractivity contribution in [2.24, 2.45) is 0 Å². The molecule has 0 radical (unpaired) electrons. The summed E-state index contributed by atoms with van der Waals surface area (Å²) in [6.07, 6.45) is -0.0308. The summed E-state index contributed by atoms with van der Waals surface area (Å²) in [7, 11) is 0. The highest BCUT2D eigenvalue weighted by Crippen LogP contribution is 2.26. The normalized spacial score (nSPS) is 12.1. The Morgan fingerprint density at radius 1 is 1.26 bits per heavy atom. The summed E-state index contributed by atoms with van der Waals surface area (Å²) in [6, 6.07) is 3.72. The van der Waals surface area contributed by atoms with Crippen LogP contribution in [0.4, 0.5) is 0 Å². The van der Waals surface area contributed by atoms with E-state index in [9.17, 15) is 4.79 Å². The number of aliphatic hydroxyl groups excluding tert-OH is 1. The molecule has 1 rings (SSSR count). The van der Waals surface area contributed by atoms with Crippen molar-refractivity contribution in [3.05, 3.63) is 28.8 Å². The van der Waals surface area contributed by atoms with E-state index in [-0.39, 0.29) is 12.6 Å². The molecule has 4 nitrogen and oxygen atoms in total. The topological polar surface area (TPSA) is 55.8 Å². The molecule has 0 fully saturated rings. The number of esters is 1. The first-order valence-corrected chi connectivity index (χ1v) is 6.57. The molecule has 19 heavy (non-hydrogen) atoms. The molecule has 0 aliphatic heterocycles. The van der Waals surface area contributed by atoms with Crippen LogP contribution in [0.1, 0.15) is 37.0 Å². The fourth-order valence-electron chi connectivity index (χ4n) is 1.99. The summed E-state index contributed by atoms with van der Waals surface area (Å²) in [5.74, 6) is 0.354. The Labute approximate surface area is 114 Å². The monoisotopic (exact) mass is 266 g/mol. The summed E-state index contributed by atoms with van der Waals surface area (Å²) in [4.78, 5) is 11.7. The second kappa shape index (κ2) is 7.14. The van der Waals surface area contributed by atoms with Crippen LogP contribution in [-0.4, -0.2) is 23.8 Å². The van der Waals surface area contributed by atoms with E-state index in [1.54, 1.807) is 6.92 Å².